The lowest BCUT2D eigenvalue weighted by atomic mass is 9.99. The maximum absolute atomic E-state index is 14.6. The van der Waals surface area contributed by atoms with E-state index >= 15 is 0 Å². The molecule has 14 atom stereocenters. The van der Waals surface area contributed by atoms with Gasteiger partial charge in [0.1, 0.15) is 72.0 Å². The summed E-state index contributed by atoms with van der Waals surface area (Å²) in [4.78, 5) is 14.6. The second kappa shape index (κ2) is 17.4. The van der Waals surface area contributed by atoms with Crippen molar-refractivity contribution >= 4 is 11.0 Å². The molecule has 0 amide bonds. The molecular weight excluding hydrogens is 744 g/mol. The summed E-state index contributed by atoms with van der Waals surface area (Å²) >= 11 is 0. The summed E-state index contributed by atoms with van der Waals surface area (Å²) in [5.41, 5.74) is 0.824. The third kappa shape index (κ3) is 8.30. The van der Waals surface area contributed by atoms with Gasteiger partial charge in [-0.2, -0.15) is 0 Å². The van der Waals surface area contributed by atoms with Gasteiger partial charge in [-0.25, -0.2) is 0 Å². The Bertz CT molecular complexity index is 1890. The zero-order valence-corrected chi connectivity index (χ0v) is 30.9. The zero-order chi connectivity index (χ0) is 40.6. The highest BCUT2D eigenvalue weighted by molar-refractivity contribution is 5.86. The van der Waals surface area contributed by atoms with Gasteiger partial charge < -0.3 is 83.5 Å². The Balaban J connectivity index is 1.47. The van der Waals surface area contributed by atoms with Crippen molar-refractivity contribution in [1.29, 1.82) is 0 Å². The fourth-order valence-electron chi connectivity index (χ4n) is 6.63. The third-order valence-corrected chi connectivity index (χ3v) is 10.0. The van der Waals surface area contributed by atoms with Crippen LogP contribution in [-0.2, 0) is 25.4 Å². The molecule has 18 nitrogen and oxygen atoms in total. The first-order chi connectivity index (χ1) is 26.6. The Morgan fingerprint density at radius 1 is 0.804 bits per heavy atom. The van der Waals surface area contributed by atoms with E-state index in [9.17, 15) is 50.8 Å². The second-order valence-corrected chi connectivity index (χ2v) is 14.2. The molecule has 0 bridgehead atoms. The van der Waals surface area contributed by atoms with Gasteiger partial charge in [-0.05, 0) is 63.6 Å². The predicted molar refractivity (Wildman–Crippen MR) is 192 cm³/mol. The molecule has 56 heavy (non-hydrogen) atoms. The molecule has 0 saturated carbocycles. The molecule has 1 aromatic heterocycles. The molecule has 3 aliphatic heterocycles. The minimum Gasteiger partial charge on any atom is -0.497 e. The summed E-state index contributed by atoms with van der Waals surface area (Å²) in [5, 5.41) is 93.8. The normalized spacial score (nSPS) is 34.9. The molecule has 3 aromatic rings. The van der Waals surface area contributed by atoms with Crippen molar-refractivity contribution in [2.45, 2.75) is 113 Å². The van der Waals surface area contributed by atoms with Gasteiger partial charge in [-0.15, -0.1) is 0 Å². The summed E-state index contributed by atoms with van der Waals surface area (Å²) in [7, 11) is 1.47. The Kier molecular flexibility index (Phi) is 13.0. The van der Waals surface area contributed by atoms with E-state index in [2.05, 4.69) is 0 Å². The van der Waals surface area contributed by atoms with E-state index in [0.717, 1.165) is 5.57 Å². The first kappa shape index (κ1) is 41.9. The summed E-state index contributed by atoms with van der Waals surface area (Å²) in [6.45, 7) is 4.05. The number of hydrogen-bond donors (Lipinski definition) is 9. The monoisotopic (exact) mass is 792 g/mol. The van der Waals surface area contributed by atoms with Crippen LogP contribution in [0.3, 0.4) is 0 Å². The lowest BCUT2D eigenvalue weighted by molar-refractivity contribution is -0.341. The van der Waals surface area contributed by atoms with Gasteiger partial charge in [-0.1, -0.05) is 11.6 Å². The molecular formula is C38H48O18. The molecule has 3 fully saturated rings. The average molecular weight is 793 g/mol. The highest BCUT2D eigenvalue weighted by atomic mass is 16.8. The topological polar surface area (TPSA) is 277 Å². The van der Waals surface area contributed by atoms with Crippen LogP contribution in [0.5, 0.6) is 17.2 Å². The number of rotatable bonds is 11. The number of benzene rings is 2. The summed E-state index contributed by atoms with van der Waals surface area (Å²) in [5.74, 6) is 0.0162. The lowest BCUT2D eigenvalue weighted by Gasteiger charge is -2.44. The van der Waals surface area contributed by atoms with Crippen LogP contribution >= 0.6 is 0 Å². The number of allylic oxidation sites excluding steroid dienone is 2. The van der Waals surface area contributed by atoms with Crippen molar-refractivity contribution in [3.63, 3.8) is 0 Å². The Labute approximate surface area is 320 Å². The standard InChI is InChI=1S/C38H48O18/c1-15(2)5-10-19-22(52-37-31(48)28(45)27(44)23(13-39)53-37)12-11-20-25(42)34(32(54-33(19)20)17-6-8-18(49-4)9-7-17)55-38-35(29(46)24(41)16(3)51-38)56-36-30(47)26(43)21(40)14-50-36/h5-9,11-12,16,21,23-24,26-31,35-41,43-48H,10,13-14H2,1-4H3/t16-,21-,23-,24+,26+,27-,28+,29-,30-,31-,35-,36-,37+,38+/m1/s1. The van der Waals surface area contributed by atoms with E-state index in [-0.39, 0.29) is 28.9 Å². The van der Waals surface area contributed by atoms with Gasteiger partial charge in [0, 0.05) is 11.1 Å². The fraction of sp³-hybridized carbons (Fsp3) is 0.553. The maximum Gasteiger partial charge on any atom is 0.235 e. The minimum atomic E-state index is -1.78. The van der Waals surface area contributed by atoms with E-state index in [1.165, 1.54) is 26.2 Å². The van der Waals surface area contributed by atoms with Crippen LogP contribution in [0.1, 0.15) is 26.3 Å². The Morgan fingerprint density at radius 3 is 2.16 bits per heavy atom. The van der Waals surface area contributed by atoms with Crippen LogP contribution in [0.25, 0.3) is 22.3 Å². The zero-order valence-electron chi connectivity index (χ0n) is 30.9. The smallest absolute Gasteiger partial charge is 0.235 e. The van der Waals surface area contributed by atoms with Crippen molar-refractivity contribution in [2.24, 2.45) is 0 Å². The van der Waals surface area contributed by atoms with E-state index in [0.29, 0.717) is 16.9 Å². The highest BCUT2D eigenvalue weighted by Gasteiger charge is 2.50. The SMILES string of the molecule is COc1ccc(-c2oc3c(CC=C(C)C)c(O[C@H]4O[C@H](CO)[C@@H](O)[C@H](O)[C@H]4O)ccc3c(=O)c2O[C@@H]2O[C@H](C)[C@H](O)[C@@H](O)[C@H]2O[C@H]2OC[C@@H](O)[C@H](O)[C@H]2O)cc1. The third-order valence-electron chi connectivity index (χ3n) is 10.0. The molecule has 6 rings (SSSR count). The van der Waals surface area contributed by atoms with Crippen LogP contribution in [0.2, 0.25) is 0 Å². The quantitative estimate of drug-likeness (QED) is 0.103. The first-order valence-electron chi connectivity index (χ1n) is 18.0. The van der Waals surface area contributed by atoms with Crippen molar-refractivity contribution in [1.82, 2.24) is 0 Å². The molecule has 3 aliphatic rings. The molecule has 0 spiro atoms. The minimum absolute atomic E-state index is 0.0133. The fourth-order valence-corrected chi connectivity index (χ4v) is 6.63. The molecule has 0 unspecified atom stereocenters. The number of aliphatic hydroxyl groups is 9. The molecule has 18 heteroatoms. The van der Waals surface area contributed by atoms with Crippen molar-refractivity contribution in [2.75, 3.05) is 20.3 Å². The van der Waals surface area contributed by atoms with E-state index in [1.807, 2.05) is 19.9 Å². The predicted octanol–water partition coefficient (Wildman–Crippen LogP) is -1.17. The molecule has 308 valence electrons. The summed E-state index contributed by atoms with van der Waals surface area (Å²) < 4.78 is 46.8. The van der Waals surface area contributed by atoms with Crippen LogP contribution in [0, 0.1) is 0 Å². The van der Waals surface area contributed by atoms with Gasteiger partial charge in [-0.3, -0.25) is 4.79 Å². The van der Waals surface area contributed by atoms with Gasteiger partial charge in [0.05, 0.1) is 31.8 Å². The van der Waals surface area contributed by atoms with E-state index in [4.69, 9.17) is 37.6 Å². The number of fused-ring (bicyclic) bond motifs is 1. The van der Waals surface area contributed by atoms with Gasteiger partial charge in [0.15, 0.2) is 18.2 Å². The van der Waals surface area contributed by atoms with Crippen molar-refractivity contribution in [3.05, 3.63) is 63.8 Å². The number of ether oxygens (including phenoxy) is 7. The van der Waals surface area contributed by atoms with Gasteiger partial charge >= 0.3 is 0 Å². The van der Waals surface area contributed by atoms with Crippen LogP contribution < -0.4 is 19.6 Å². The van der Waals surface area contributed by atoms with Crippen molar-refractivity contribution in [3.8, 4) is 28.6 Å². The molecule has 3 saturated heterocycles. The van der Waals surface area contributed by atoms with Crippen LogP contribution in [-0.4, -0.2) is 152 Å². The highest BCUT2D eigenvalue weighted by Crippen LogP contribution is 2.39. The molecule has 0 radical (unpaired) electrons. The van der Waals surface area contributed by atoms with Crippen molar-refractivity contribution < 1.29 is 83.5 Å². The van der Waals surface area contributed by atoms with E-state index in [1.54, 1.807) is 24.3 Å². The molecule has 2 aromatic carbocycles. The first-order valence-corrected chi connectivity index (χ1v) is 18.0. The van der Waals surface area contributed by atoms with Gasteiger partial charge in [0.25, 0.3) is 0 Å². The second-order valence-electron chi connectivity index (χ2n) is 14.2. The summed E-state index contributed by atoms with van der Waals surface area (Å²) in [6.07, 6.45) is -20.0. The maximum atomic E-state index is 14.6. The summed E-state index contributed by atoms with van der Waals surface area (Å²) in [6, 6.07) is 9.19. The molecule has 4 heterocycles. The Morgan fingerprint density at radius 2 is 1.50 bits per heavy atom. The van der Waals surface area contributed by atoms with Gasteiger partial charge in [0.2, 0.25) is 23.8 Å². The lowest BCUT2D eigenvalue weighted by Crippen LogP contribution is -2.62. The molecule has 0 aliphatic carbocycles. The number of hydrogen-bond acceptors (Lipinski definition) is 18. The number of aliphatic hydroxyl groups excluding tert-OH is 9. The Hall–Kier alpha value is -3.73. The average Bonchev–Trinajstić information content (AvgIpc) is 3.18. The van der Waals surface area contributed by atoms with E-state index < -0.39 is 110 Å². The molecule has 9 N–H and O–H groups in total. The largest absolute Gasteiger partial charge is 0.497 e. The number of methoxy groups -OCH3 is 1. The van der Waals surface area contributed by atoms with Crippen LogP contribution in [0.4, 0.5) is 0 Å². The van der Waals surface area contributed by atoms with Crippen LogP contribution in [0.15, 0.2) is 57.3 Å².